The lowest BCUT2D eigenvalue weighted by Crippen LogP contribution is -2.50. The van der Waals surface area contributed by atoms with Gasteiger partial charge in [0, 0.05) is 56.3 Å². The van der Waals surface area contributed by atoms with Crippen molar-refractivity contribution in [2.24, 2.45) is 29.4 Å². The van der Waals surface area contributed by atoms with Crippen molar-refractivity contribution in [3.05, 3.63) is 30.0 Å². The summed E-state index contributed by atoms with van der Waals surface area (Å²) in [5.41, 5.74) is 7.06. The molecule has 3 N–H and O–H groups in total. The number of hydrogen-bond acceptors (Lipinski definition) is 9. The highest BCUT2D eigenvalue weighted by Crippen LogP contribution is 2.42. The Morgan fingerprint density at radius 2 is 1.75 bits per heavy atom. The Bertz CT molecular complexity index is 1400. The van der Waals surface area contributed by atoms with Crippen LogP contribution in [0, 0.1) is 23.7 Å². The lowest BCUT2D eigenvalue weighted by Gasteiger charge is -2.37. The molecular weight excluding hydrogens is 619 g/mol. The predicted octanol–water partition coefficient (Wildman–Crippen LogP) is 4.39. The lowest BCUT2D eigenvalue weighted by atomic mass is 9.75. The predicted molar refractivity (Wildman–Crippen MR) is 178 cm³/mol. The Labute approximate surface area is 282 Å². The number of alkyl halides is 1. The number of esters is 1. The van der Waals surface area contributed by atoms with Crippen molar-refractivity contribution in [1.29, 1.82) is 0 Å². The number of nitrogens with zero attached hydrogens (tertiary/aromatic N) is 2. The van der Waals surface area contributed by atoms with E-state index in [9.17, 15) is 18.8 Å². The van der Waals surface area contributed by atoms with Gasteiger partial charge >= 0.3 is 5.97 Å². The number of benzene rings is 1. The van der Waals surface area contributed by atoms with E-state index in [1.165, 1.54) is 0 Å². The number of ether oxygens (including phenoxy) is 3. The zero-order valence-corrected chi connectivity index (χ0v) is 28.1. The smallest absolute Gasteiger partial charge is 0.374 e. The standard InChI is InChI=1S/C36H51FN4O7/c1-45-28-9-6-23(7-10-28)29-12-13-41(35(43)25-4-2-24(3-5-25)30(38)22-37)33(29)34(42)39-27-8-11-31-26(20-27)21-32(48-31)36(44)47-19-16-40-14-17-46-18-15-40/h8,11,20-21,23-25,28-30,33H,2-7,9-10,12-19,22,38H2,1H3,(H,39,42)/t23?,24-,25-,28?,29-,30+,33-/m0/s1. The number of morpholine rings is 1. The fourth-order valence-corrected chi connectivity index (χ4v) is 8.40. The Hall–Kier alpha value is -3.06. The molecule has 4 fully saturated rings. The molecule has 2 saturated heterocycles. The number of anilines is 1. The first-order valence-electron chi connectivity index (χ1n) is 17.8. The van der Waals surface area contributed by atoms with Gasteiger partial charge in [0.05, 0.1) is 19.3 Å². The van der Waals surface area contributed by atoms with Crippen molar-refractivity contribution < 1.29 is 37.4 Å². The topological polar surface area (TPSA) is 137 Å². The van der Waals surface area contributed by atoms with Crippen LogP contribution in [0.5, 0.6) is 0 Å². The van der Waals surface area contributed by atoms with Crippen LogP contribution in [0.15, 0.2) is 28.7 Å². The zero-order chi connectivity index (χ0) is 33.6. The van der Waals surface area contributed by atoms with Gasteiger partial charge in [-0.1, -0.05) is 0 Å². The van der Waals surface area contributed by atoms with E-state index in [2.05, 4.69) is 10.2 Å². The molecule has 4 aliphatic rings. The van der Waals surface area contributed by atoms with Gasteiger partial charge in [-0.05, 0) is 99.8 Å². The van der Waals surface area contributed by atoms with Crippen LogP contribution >= 0.6 is 0 Å². The van der Waals surface area contributed by atoms with Crippen molar-refractivity contribution in [1.82, 2.24) is 9.80 Å². The lowest BCUT2D eigenvalue weighted by molar-refractivity contribution is -0.142. The fourth-order valence-electron chi connectivity index (χ4n) is 8.40. The number of furan rings is 1. The summed E-state index contributed by atoms with van der Waals surface area (Å²) in [7, 11) is 1.75. The number of hydrogen-bond donors (Lipinski definition) is 2. The van der Waals surface area contributed by atoms with E-state index in [1.54, 1.807) is 31.4 Å². The van der Waals surface area contributed by atoms with E-state index < -0.39 is 24.7 Å². The van der Waals surface area contributed by atoms with Gasteiger partial charge in [0.15, 0.2) is 0 Å². The van der Waals surface area contributed by atoms with Gasteiger partial charge in [-0.15, -0.1) is 0 Å². The van der Waals surface area contributed by atoms with Crippen LogP contribution in [0.4, 0.5) is 10.1 Å². The minimum Gasteiger partial charge on any atom is -0.458 e. The first kappa shape index (κ1) is 34.8. The van der Waals surface area contributed by atoms with Crippen LogP contribution in [-0.4, -0.2) is 106 Å². The van der Waals surface area contributed by atoms with Gasteiger partial charge in [-0.2, -0.15) is 0 Å². The molecule has 2 aliphatic carbocycles. The molecule has 12 heteroatoms. The summed E-state index contributed by atoms with van der Waals surface area (Å²) in [6, 6.07) is 5.85. The Morgan fingerprint density at radius 3 is 2.46 bits per heavy atom. The third-order valence-corrected chi connectivity index (χ3v) is 11.3. The van der Waals surface area contributed by atoms with Crippen LogP contribution in [0.3, 0.4) is 0 Å². The largest absolute Gasteiger partial charge is 0.458 e. The maximum absolute atomic E-state index is 14.2. The number of halogens is 1. The van der Waals surface area contributed by atoms with Crippen LogP contribution in [0.1, 0.15) is 68.3 Å². The average Bonchev–Trinajstić information content (AvgIpc) is 3.77. The Morgan fingerprint density at radius 1 is 1.00 bits per heavy atom. The second-order valence-electron chi connectivity index (χ2n) is 14.1. The maximum Gasteiger partial charge on any atom is 0.374 e. The highest BCUT2D eigenvalue weighted by Gasteiger charge is 2.47. The second-order valence-corrected chi connectivity index (χ2v) is 14.1. The quantitative estimate of drug-likeness (QED) is 0.334. The molecule has 2 aromatic rings. The number of methoxy groups -OCH3 is 1. The molecule has 2 aliphatic heterocycles. The van der Waals surface area contributed by atoms with Crippen molar-refractivity contribution in [2.75, 3.05) is 65.1 Å². The number of likely N-dealkylation sites (tertiary alicyclic amines) is 1. The third kappa shape index (κ3) is 8.04. The molecule has 11 nitrogen and oxygen atoms in total. The van der Waals surface area contributed by atoms with Gasteiger partial charge in [0.2, 0.25) is 17.6 Å². The minimum absolute atomic E-state index is 0.0255. The number of fused-ring (bicyclic) bond motifs is 1. The number of rotatable bonds is 11. The molecule has 1 aromatic heterocycles. The number of nitrogens with two attached hydrogens (primary N) is 1. The average molecular weight is 671 g/mol. The summed E-state index contributed by atoms with van der Waals surface area (Å²) in [5.74, 6) is -0.294. The summed E-state index contributed by atoms with van der Waals surface area (Å²) in [6.07, 6.45) is 7.65. The highest BCUT2D eigenvalue weighted by molar-refractivity contribution is 6.00. The van der Waals surface area contributed by atoms with Gasteiger partial charge in [-0.3, -0.25) is 14.5 Å². The van der Waals surface area contributed by atoms with Gasteiger partial charge in [0.25, 0.3) is 0 Å². The molecule has 6 rings (SSSR count). The molecule has 2 amide bonds. The molecule has 1 aromatic carbocycles. The maximum atomic E-state index is 14.2. The molecule has 0 unspecified atom stereocenters. The van der Waals surface area contributed by atoms with Crippen molar-refractivity contribution in [3.63, 3.8) is 0 Å². The van der Waals surface area contributed by atoms with Gasteiger partial charge in [0.1, 0.15) is 24.9 Å². The van der Waals surface area contributed by atoms with E-state index in [4.69, 9.17) is 24.4 Å². The summed E-state index contributed by atoms with van der Waals surface area (Å²) < 4.78 is 35.4. The monoisotopic (exact) mass is 670 g/mol. The van der Waals surface area contributed by atoms with Crippen LogP contribution < -0.4 is 11.1 Å². The van der Waals surface area contributed by atoms with Gasteiger partial charge in [-0.25, -0.2) is 9.18 Å². The van der Waals surface area contributed by atoms with Crippen LogP contribution in [0.25, 0.3) is 11.0 Å². The number of nitrogens with one attached hydrogen (secondary N) is 1. The number of carbonyl (C=O) groups is 3. The van der Waals surface area contributed by atoms with E-state index in [1.807, 2.05) is 4.90 Å². The summed E-state index contributed by atoms with van der Waals surface area (Å²) >= 11 is 0. The fraction of sp³-hybridized carbons (Fsp3) is 0.694. The van der Waals surface area contributed by atoms with E-state index in [-0.39, 0.29) is 48.0 Å². The summed E-state index contributed by atoms with van der Waals surface area (Å²) in [4.78, 5) is 44.9. The molecule has 3 heterocycles. The SMILES string of the molecule is COC1CCC([C@@H]2CCN(C(=O)[C@H]3CC[C@H]([C@H](N)CF)CC3)[C@@H]2C(=O)Nc2ccc3oc(C(=O)OCCN4CCOCC4)cc3c2)CC1. The van der Waals surface area contributed by atoms with Gasteiger partial charge < -0.3 is 34.6 Å². The molecule has 0 radical (unpaired) electrons. The normalized spacial score (nSPS) is 29.1. The van der Waals surface area contributed by atoms with Crippen molar-refractivity contribution >= 4 is 34.4 Å². The highest BCUT2D eigenvalue weighted by atomic mass is 19.1. The van der Waals surface area contributed by atoms with Crippen molar-refractivity contribution in [3.8, 4) is 0 Å². The first-order valence-corrected chi connectivity index (χ1v) is 17.8. The molecule has 3 atom stereocenters. The van der Waals surface area contributed by atoms with Crippen LogP contribution in [0.2, 0.25) is 0 Å². The number of amides is 2. The Balaban J connectivity index is 1.13. The molecule has 48 heavy (non-hydrogen) atoms. The van der Waals surface area contributed by atoms with E-state index >= 15 is 0 Å². The molecular formula is C36H51FN4O7. The van der Waals surface area contributed by atoms with Crippen LogP contribution in [-0.2, 0) is 23.8 Å². The minimum atomic E-state index is -0.579. The molecule has 0 bridgehead atoms. The second kappa shape index (κ2) is 16.1. The van der Waals surface area contributed by atoms with Crippen molar-refractivity contribution in [2.45, 2.75) is 76.0 Å². The zero-order valence-electron chi connectivity index (χ0n) is 28.1. The third-order valence-electron chi connectivity index (χ3n) is 11.3. The number of carbonyl (C=O) groups excluding carboxylic acids is 3. The molecule has 264 valence electrons. The summed E-state index contributed by atoms with van der Waals surface area (Å²) in [5, 5.41) is 3.77. The molecule has 2 saturated carbocycles. The van der Waals surface area contributed by atoms with E-state index in [0.29, 0.717) is 61.7 Å². The summed E-state index contributed by atoms with van der Waals surface area (Å²) in [6.45, 7) is 3.89. The van der Waals surface area contributed by atoms with E-state index in [0.717, 1.165) is 58.0 Å². The Kier molecular flexibility index (Phi) is 11.7. The molecule has 0 spiro atoms. The first-order chi connectivity index (χ1) is 23.3.